The van der Waals surface area contributed by atoms with Crippen molar-refractivity contribution in [3.8, 4) is 0 Å². The minimum absolute atomic E-state index is 0.115. The van der Waals surface area contributed by atoms with Crippen LogP contribution in [-0.4, -0.2) is 87.9 Å². The maximum atomic E-state index is 13.7. The van der Waals surface area contributed by atoms with Gasteiger partial charge in [0.1, 0.15) is 17.8 Å². The van der Waals surface area contributed by atoms with E-state index < -0.39 is 30.0 Å². The molecule has 3 fully saturated rings. The molecule has 184 valence electrons. The van der Waals surface area contributed by atoms with E-state index in [1.54, 1.807) is 0 Å². The summed E-state index contributed by atoms with van der Waals surface area (Å²) in [6.07, 6.45) is 11.0. The molecule has 3 aliphatic rings. The maximum absolute atomic E-state index is 13.7. The number of nitrogens with one attached hydrogen (secondary N) is 2. The van der Waals surface area contributed by atoms with Crippen LogP contribution in [0.4, 0.5) is 4.79 Å². The molecule has 0 aromatic carbocycles. The van der Waals surface area contributed by atoms with Gasteiger partial charge in [-0.1, -0.05) is 19.3 Å². The first-order valence-electron chi connectivity index (χ1n) is 12.0. The molecule has 34 heavy (non-hydrogen) atoms. The predicted octanol–water partition coefficient (Wildman–Crippen LogP) is 0.856. The SMILES string of the molecule is COC(=O)[C@H]1CCCN1C(=O)[C@@H]1[C@@H](NC(=O)NC2CCCCC2)CCN1C(=O)c1cnccn1. The number of hydrogen-bond donors (Lipinski definition) is 2. The van der Waals surface area contributed by atoms with Gasteiger partial charge in [0.15, 0.2) is 0 Å². The number of rotatable bonds is 5. The highest BCUT2D eigenvalue weighted by molar-refractivity contribution is 5.98. The van der Waals surface area contributed by atoms with Gasteiger partial charge in [0, 0.05) is 31.5 Å². The van der Waals surface area contributed by atoms with Crippen molar-refractivity contribution in [1.82, 2.24) is 30.4 Å². The summed E-state index contributed by atoms with van der Waals surface area (Å²) in [5.74, 6) is -1.28. The molecule has 4 amide bonds. The van der Waals surface area contributed by atoms with Crippen molar-refractivity contribution < 1.29 is 23.9 Å². The number of carbonyl (C=O) groups excluding carboxylic acids is 4. The Kier molecular flexibility index (Phi) is 7.59. The zero-order chi connectivity index (χ0) is 24.1. The van der Waals surface area contributed by atoms with Gasteiger partial charge in [-0.3, -0.25) is 14.6 Å². The van der Waals surface area contributed by atoms with Crippen molar-refractivity contribution in [2.24, 2.45) is 0 Å². The van der Waals surface area contributed by atoms with Gasteiger partial charge in [0.2, 0.25) is 5.91 Å². The first kappa shape index (κ1) is 23.9. The fourth-order valence-electron chi connectivity index (χ4n) is 5.26. The molecule has 1 saturated carbocycles. The lowest BCUT2D eigenvalue weighted by Gasteiger charge is -2.33. The highest BCUT2D eigenvalue weighted by Gasteiger charge is 2.48. The normalized spacial score (nSPS) is 25.1. The van der Waals surface area contributed by atoms with E-state index in [9.17, 15) is 19.2 Å². The van der Waals surface area contributed by atoms with E-state index in [1.165, 1.54) is 41.9 Å². The standard InChI is InChI=1S/C23H32N6O5/c1-34-22(32)18-8-5-12-28(18)21(31)19-16(27-23(33)26-15-6-3-2-4-7-15)9-13-29(19)20(30)17-14-24-10-11-25-17/h10-11,14-16,18-19H,2-9,12-13H2,1H3,(H2,26,27,33)/t16-,18+,19-/m0/s1. The molecule has 2 saturated heterocycles. The van der Waals surface area contributed by atoms with E-state index in [0.29, 0.717) is 25.8 Å². The minimum atomic E-state index is -0.947. The minimum Gasteiger partial charge on any atom is -0.467 e. The summed E-state index contributed by atoms with van der Waals surface area (Å²) in [7, 11) is 1.29. The number of urea groups is 1. The van der Waals surface area contributed by atoms with Crippen LogP contribution < -0.4 is 10.6 Å². The zero-order valence-electron chi connectivity index (χ0n) is 19.4. The summed E-state index contributed by atoms with van der Waals surface area (Å²) in [5, 5.41) is 5.94. The van der Waals surface area contributed by atoms with Crippen LogP contribution in [-0.2, 0) is 14.3 Å². The molecule has 0 radical (unpaired) electrons. The summed E-state index contributed by atoms with van der Waals surface area (Å²) in [4.78, 5) is 62.9. The number of amides is 4. The van der Waals surface area contributed by atoms with Crippen LogP contribution in [0.1, 0.15) is 61.9 Å². The quantitative estimate of drug-likeness (QED) is 0.607. The highest BCUT2D eigenvalue weighted by Crippen LogP contribution is 2.27. The number of methoxy groups -OCH3 is 1. The van der Waals surface area contributed by atoms with E-state index in [4.69, 9.17) is 4.74 Å². The first-order valence-corrected chi connectivity index (χ1v) is 12.0. The summed E-state index contributed by atoms with van der Waals surface area (Å²) >= 11 is 0. The van der Waals surface area contributed by atoms with Gasteiger partial charge in [-0.15, -0.1) is 0 Å². The lowest BCUT2D eigenvalue weighted by atomic mass is 9.96. The van der Waals surface area contributed by atoms with Crippen LogP contribution in [0.3, 0.4) is 0 Å². The molecule has 1 aromatic heterocycles. The van der Waals surface area contributed by atoms with Crippen molar-refractivity contribution in [1.29, 1.82) is 0 Å². The second-order valence-electron chi connectivity index (χ2n) is 9.09. The number of aromatic nitrogens is 2. The fourth-order valence-corrected chi connectivity index (χ4v) is 5.26. The first-order chi connectivity index (χ1) is 16.5. The van der Waals surface area contributed by atoms with Crippen molar-refractivity contribution in [2.45, 2.75) is 75.5 Å². The van der Waals surface area contributed by atoms with Gasteiger partial charge >= 0.3 is 12.0 Å². The van der Waals surface area contributed by atoms with Crippen LogP contribution >= 0.6 is 0 Å². The molecule has 0 spiro atoms. The van der Waals surface area contributed by atoms with E-state index >= 15 is 0 Å². The Balaban J connectivity index is 1.54. The zero-order valence-corrected chi connectivity index (χ0v) is 19.4. The Morgan fingerprint density at radius 2 is 1.74 bits per heavy atom. The monoisotopic (exact) mass is 472 g/mol. The van der Waals surface area contributed by atoms with E-state index in [2.05, 4.69) is 20.6 Å². The third-order valence-electron chi connectivity index (χ3n) is 6.96. The lowest BCUT2D eigenvalue weighted by Crippen LogP contribution is -2.58. The van der Waals surface area contributed by atoms with Crippen molar-refractivity contribution in [2.75, 3.05) is 20.2 Å². The van der Waals surface area contributed by atoms with Gasteiger partial charge in [0.05, 0.1) is 19.3 Å². The molecule has 11 heteroatoms. The number of likely N-dealkylation sites (tertiary alicyclic amines) is 2. The lowest BCUT2D eigenvalue weighted by molar-refractivity contribution is -0.152. The average molecular weight is 473 g/mol. The fraction of sp³-hybridized carbons (Fsp3) is 0.652. The summed E-state index contributed by atoms with van der Waals surface area (Å²) in [6.45, 7) is 0.667. The molecule has 1 aromatic rings. The smallest absolute Gasteiger partial charge is 0.328 e. The van der Waals surface area contributed by atoms with Gasteiger partial charge in [-0.25, -0.2) is 14.6 Å². The van der Waals surface area contributed by atoms with Crippen molar-refractivity contribution in [3.63, 3.8) is 0 Å². The molecular weight excluding hydrogens is 440 g/mol. The van der Waals surface area contributed by atoms with Gasteiger partial charge in [-0.05, 0) is 32.1 Å². The Bertz CT molecular complexity index is 906. The van der Waals surface area contributed by atoms with Crippen LogP contribution in [0.25, 0.3) is 0 Å². The molecule has 11 nitrogen and oxygen atoms in total. The Morgan fingerprint density at radius 1 is 0.941 bits per heavy atom. The largest absolute Gasteiger partial charge is 0.467 e. The third-order valence-corrected chi connectivity index (χ3v) is 6.96. The van der Waals surface area contributed by atoms with E-state index in [1.807, 2.05) is 0 Å². The summed E-state index contributed by atoms with van der Waals surface area (Å²) in [5.41, 5.74) is 0.124. The summed E-state index contributed by atoms with van der Waals surface area (Å²) < 4.78 is 4.89. The van der Waals surface area contributed by atoms with Gasteiger partial charge in [0.25, 0.3) is 5.91 Å². The second kappa shape index (κ2) is 10.8. The molecule has 0 unspecified atom stereocenters. The predicted molar refractivity (Wildman–Crippen MR) is 121 cm³/mol. The van der Waals surface area contributed by atoms with Crippen LogP contribution in [0, 0.1) is 0 Å². The van der Waals surface area contributed by atoms with Crippen molar-refractivity contribution in [3.05, 3.63) is 24.3 Å². The number of esters is 1. The number of carbonyl (C=O) groups is 4. The van der Waals surface area contributed by atoms with Crippen LogP contribution in [0.15, 0.2) is 18.6 Å². The molecule has 2 N–H and O–H groups in total. The van der Waals surface area contributed by atoms with E-state index in [-0.39, 0.29) is 30.2 Å². The number of hydrogen-bond acceptors (Lipinski definition) is 7. The third kappa shape index (κ3) is 5.13. The Labute approximate surface area is 198 Å². The molecule has 4 rings (SSSR count). The Morgan fingerprint density at radius 3 is 2.44 bits per heavy atom. The van der Waals surface area contributed by atoms with Crippen molar-refractivity contribution >= 4 is 23.8 Å². The number of nitrogens with zero attached hydrogens (tertiary/aromatic N) is 4. The molecule has 3 atom stereocenters. The molecular formula is C23H32N6O5. The molecule has 2 aliphatic heterocycles. The molecule has 3 heterocycles. The Hall–Kier alpha value is -3.24. The maximum Gasteiger partial charge on any atom is 0.328 e. The topological polar surface area (TPSA) is 134 Å². The van der Waals surface area contributed by atoms with Gasteiger partial charge in [-0.2, -0.15) is 0 Å². The summed E-state index contributed by atoms with van der Waals surface area (Å²) in [6, 6.07) is -2.45. The number of ether oxygens (including phenoxy) is 1. The average Bonchev–Trinajstić information content (AvgIpc) is 3.51. The second-order valence-corrected chi connectivity index (χ2v) is 9.09. The molecule has 0 bridgehead atoms. The highest BCUT2D eigenvalue weighted by atomic mass is 16.5. The van der Waals surface area contributed by atoms with E-state index in [0.717, 1.165) is 25.7 Å². The molecule has 1 aliphatic carbocycles. The van der Waals surface area contributed by atoms with Crippen LogP contribution in [0.2, 0.25) is 0 Å². The van der Waals surface area contributed by atoms with Crippen LogP contribution in [0.5, 0.6) is 0 Å². The van der Waals surface area contributed by atoms with Gasteiger partial charge < -0.3 is 25.2 Å².